The van der Waals surface area contributed by atoms with Gasteiger partial charge >= 0.3 is 5.97 Å². The normalized spacial score (nSPS) is 18.7. The van der Waals surface area contributed by atoms with Crippen LogP contribution in [0.5, 0.6) is 0 Å². The SMILES string of the molecule is CCOC(=O)c1ccc(N2C(=O)C(Cl)=C(N3CCN(C)CC3)C2=O)cc1. The minimum Gasteiger partial charge on any atom is -0.462 e. The van der Waals surface area contributed by atoms with Gasteiger partial charge in [0, 0.05) is 26.2 Å². The number of piperazine rings is 1. The van der Waals surface area contributed by atoms with Gasteiger partial charge < -0.3 is 14.5 Å². The van der Waals surface area contributed by atoms with Gasteiger partial charge in [-0.25, -0.2) is 9.69 Å². The van der Waals surface area contributed by atoms with Gasteiger partial charge in [-0.2, -0.15) is 0 Å². The van der Waals surface area contributed by atoms with E-state index in [4.69, 9.17) is 16.3 Å². The summed E-state index contributed by atoms with van der Waals surface area (Å²) in [5.74, 6) is -1.43. The van der Waals surface area contributed by atoms with Crippen LogP contribution in [0.2, 0.25) is 0 Å². The van der Waals surface area contributed by atoms with Crippen molar-refractivity contribution in [3.8, 4) is 0 Å². The summed E-state index contributed by atoms with van der Waals surface area (Å²) in [6, 6.07) is 6.13. The highest BCUT2D eigenvalue weighted by Crippen LogP contribution is 2.31. The smallest absolute Gasteiger partial charge is 0.338 e. The van der Waals surface area contributed by atoms with Crippen molar-refractivity contribution < 1.29 is 19.1 Å². The maximum absolute atomic E-state index is 12.8. The molecule has 2 aliphatic heterocycles. The van der Waals surface area contributed by atoms with Crippen LogP contribution < -0.4 is 4.90 Å². The summed E-state index contributed by atoms with van der Waals surface area (Å²) in [6.07, 6.45) is 0. The molecule has 2 heterocycles. The number of hydrogen-bond acceptors (Lipinski definition) is 6. The zero-order valence-electron chi connectivity index (χ0n) is 14.7. The van der Waals surface area contributed by atoms with Crippen LogP contribution in [0.25, 0.3) is 0 Å². The van der Waals surface area contributed by atoms with Crippen molar-refractivity contribution in [3.05, 3.63) is 40.6 Å². The highest BCUT2D eigenvalue weighted by atomic mass is 35.5. The van der Waals surface area contributed by atoms with Crippen molar-refractivity contribution in [3.63, 3.8) is 0 Å². The van der Waals surface area contributed by atoms with Gasteiger partial charge in [-0.15, -0.1) is 0 Å². The number of likely N-dealkylation sites (N-methyl/N-ethyl adjacent to an activating group) is 1. The Morgan fingerprint density at radius 1 is 1.08 bits per heavy atom. The minimum absolute atomic E-state index is 0.0611. The first-order valence-electron chi connectivity index (χ1n) is 8.43. The maximum atomic E-state index is 12.8. The van der Waals surface area contributed by atoms with E-state index < -0.39 is 17.8 Å². The number of hydrogen-bond donors (Lipinski definition) is 0. The molecule has 1 fully saturated rings. The van der Waals surface area contributed by atoms with E-state index in [0.717, 1.165) is 18.0 Å². The molecule has 0 unspecified atom stereocenters. The molecule has 0 aliphatic carbocycles. The average molecular weight is 378 g/mol. The Hall–Kier alpha value is -2.38. The van der Waals surface area contributed by atoms with E-state index in [1.165, 1.54) is 12.1 Å². The number of carbonyl (C=O) groups excluding carboxylic acids is 3. The van der Waals surface area contributed by atoms with Gasteiger partial charge in [0.05, 0.1) is 17.9 Å². The summed E-state index contributed by atoms with van der Waals surface area (Å²) < 4.78 is 4.93. The molecule has 0 bridgehead atoms. The second-order valence-electron chi connectivity index (χ2n) is 6.17. The molecule has 1 aromatic carbocycles. The third-order valence-electron chi connectivity index (χ3n) is 4.46. The van der Waals surface area contributed by atoms with E-state index in [1.807, 2.05) is 11.9 Å². The van der Waals surface area contributed by atoms with Crippen LogP contribution in [0, 0.1) is 0 Å². The summed E-state index contributed by atoms with van der Waals surface area (Å²) in [4.78, 5) is 42.2. The van der Waals surface area contributed by atoms with Crippen molar-refractivity contribution in [2.75, 3.05) is 44.7 Å². The van der Waals surface area contributed by atoms with Crippen molar-refractivity contribution in [2.45, 2.75) is 6.92 Å². The van der Waals surface area contributed by atoms with Crippen LogP contribution in [0.15, 0.2) is 35.0 Å². The Kier molecular flexibility index (Phi) is 5.29. The molecular weight excluding hydrogens is 358 g/mol. The highest BCUT2D eigenvalue weighted by molar-refractivity contribution is 6.52. The number of benzene rings is 1. The first-order valence-corrected chi connectivity index (χ1v) is 8.81. The van der Waals surface area contributed by atoms with Crippen LogP contribution in [0.4, 0.5) is 5.69 Å². The van der Waals surface area contributed by atoms with E-state index in [1.54, 1.807) is 19.1 Å². The molecule has 0 aromatic heterocycles. The third kappa shape index (κ3) is 3.32. The molecule has 0 spiro atoms. The Balaban J connectivity index is 1.81. The number of rotatable bonds is 4. The Labute approximate surface area is 156 Å². The van der Waals surface area contributed by atoms with E-state index in [-0.39, 0.29) is 17.3 Å². The number of amides is 2. The zero-order valence-corrected chi connectivity index (χ0v) is 15.5. The lowest BCUT2D eigenvalue weighted by Crippen LogP contribution is -2.46. The first-order chi connectivity index (χ1) is 12.4. The maximum Gasteiger partial charge on any atom is 0.338 e. The molecule has 0 saturated carbocycles. The van der Waals surface area contributed by atoms with Gasteiger partial charge in [0.15, 0.2) is 0 Å². The molecule has 2 aliphatic rings. The lowest BCUT2D eigenvalue weighted by atomic mass is 10.2. The molecular formula is C18H20ClN3O4. The van der Waals surface area contributed by atoms with E-state index in [2.05, 4.69) is 4.90 Å². The molecule has 3 rings (SSSR count). The lowest BCUT2D eigenvalue weighted by molar-refractivity contribution is -0.121. The lowest BCUT2D eigenvalue weighted by Gasteiger charge is -2.34. The summed E-state index contributed by atoms with van der Waals surface area (Å²) >= 11 is 6.20. The van der Waals surface area contributed by atoms with Crippen molar-refractivity contribution in [1.82, 2.24) is 9.80 Å². The molecule has 8 heteroatoms. The number of carbonyl (C=O) groups is 3. The largest absolute Gasteiger partial charge is 0.462 e. The molecule has 138 valence electrons. The monoisotopic (exact) mass is 377 g/mol. The summed E-state index contributed by atoms with van der Waals surface area (Å²) in [5.41, 5.74) is 0.975. The van der Waals surface area contributed by atoms with Crippen LogP contribution in [0.3, 0.4) is 0 Å². The summed E-state index contributed by atoms with van der Waals surface area (Å²) in [5, 5.41) is -0.0611. The second kappa shape index (κ2) is 7.47. The number of imide groups is 1. The van der Waals surface area contributed by atoms with E-state index in [0.29, 0.717) is 24.3 Å². The molecule has 7 nitrogen and oxygen atoms in total. The molecule has 0 radical (unpaired) electrons. The minimum atomic E-state index is -0.547. The van der Waals surface area contributed by atoms with Crippen LogP contribution >= 0.6 is 11.6 Å². The fourth-order valence-electron chi connectivity index (χ4n) is 2.99. The summed E-state index contributed by atoms with van der Waals surface area (Å²) in [7, 11) is 2.01. The third-order valence-corrected chi connectivity index (χ3v) is 4.80. The van der Waals surface area contributed by atoms with Gasteiger partial charge in [-0.3, -0.25) is 9.59 Å². The van der Waals surface area contributed by atoms with Crippen LogP contribution in [-0.2, 0) is 14.3 Å². The fourth-order valence-corrected chi connectivity index (χ4v) is 3.28. The molecule has 0 atom stereocenters. The number of nitrogens with zero attached hydrogens (tertiary/aromatic N) is 3. The predicted octanol–water partition coefficient (Wildman–Crippen LogP) is 1.43. The topological polar surface area (TPSA) is 70.2 Å². The average Bonchev–Trinajstić information content (AvgIpc) is 2.85. The molecule has 1 aromatic rings. The molecule has 26 heavy (non-hydrogen) atoms. The second-order valence-corrected chi connectivity index (χ2v) is 6.54. The van der Waals surface area contributed by atoms with Crippen LogP contribution in [0.1, 0.15) is 17.3 Å². The van der Waals surface area contributed by atoms with Gasteiger partial charge in [-0.1, -0.05) is 11.6 Å². The Morgan fingerprint density at radius 2 is 1.69 bits per heavy atom. The highest BCUT2D eigenvalue weighted by Gasteiger charge is 2.41. The molecule has 1 saturated heterocycles. The van der Waals surface area contributed by atoms with Gasteiger partial charge in [0.2, 0.25) is 0 Å². The van der Waals surface area contributed by atoms with Gasteiger partial charge in [0.1, 0.15) is 10.7 Å². The van der Waals surface area contributed by atoms with Gasteiger partial charge in [-0.05, 0) is 38.2 Å². The number of halogens is 1. The first kappa shape index (κ1) is 18.4. The van der Waals surface area contributed by atoms with E-state index >= 15 is 0 Å². The molecule has 2 amide bonds. The number of ether oxygens (including phenoxy) is 1. The standard InChI is InChI=1S/C18H20ClN3O4/c1-3-26-18(25)12-4-6-13(7-5-12)22-16(23)14(19)15(17(22)24)21-10-8-20(2)9-11-21/h4-7H,3,8-11H2,1-2H3. The van der Waals surface area contributed by atoms with Crippen molar-refractivity contribution >= 4 is 35.1 Å². The van der Waals surface area contributed by atoms with Gasteiger partial charge in [0.25, 0.3) is 11.8 Å². The number of esters is 1. The Morgan fingerprint density at radius 3 is 2.27 bits per heavy atom. The van der Waals surface area contributed by atoms with E-state index in [9.17, 15) is 14.4 Å². The van der Waals surface area contributed by atoms with Crippen molar-refractivity contribution in [2.24, 2.45) is 0 Å². The quantitative estimate of drug-likeness (QED) is 0.584. The van der Waals surface area contributed by atoms with Crippen LogP contribution in [-0.4, -0.2) is 67.4 Å². The Bertz CT molecular complexity index is 767. The van der Waals surface area contributed by atoms with Crippen molar-refractivity contribution in [1.29, 1.82) is 0 Å². The zero-order chi connectivity index (χ0) is 18.8. The summed E-state index contributed by atoms with van der Waals surface area (Å²) in [6.45, 7) is 4.86. The molecule has 0 N–H and O–H groups in total. The fraction of sp³-hybridized carbons (Fsp3) is 0.389. The predicted molar refractivity (Wildman–Crippen MR) is 96.8 cm³/mol. The number of anilines is 1.